The van der Waals surface area contributed by atoms with Gasteiger partial charge in [0, 0.05) is 26.6 Å². The summed E-state index contributed by atoms with van der Waals surface area (Å²) in [6, 6.07) is 0. The average molecular weight is 268 g/mol. The van der Waals surface area contributed by atoms with Gasteiger partial charge < -0.3 is 14.9 Å². The first-order chi connectivity index (χ1) is 8.92. The van der Waals surface area contributed by atoms with Gasteiger partial charge in [-0.3, -0.25) is 9.59 Å². The number of hydrogen-bond acceptors (Lipinski definition) is 3. The molecule has 0 aromatic carbocycles. The average Bonchev–Trinajstić information content (AvgIpc) is 2.94. The molecule has 0 aromatic rings. The van der Waals surface area contributed by atoms with Crippen molar-refractivity contribution < 1.29 is 19.5 Å². The molecule has 0 aromatic heterocycles. The molecule has 0 spiro atoms. The maximum Gasteiger partial charge on any atom is 0.329 e. The highest BCUT2D eigenvalue weighted by Gasteiger charge is 2.50. The SMILES string of the molecule is CCC1(C(=O)O)CCCN1C(=O)C1CC(=O)N(C)C1. The van der Waals surface area contributed by atoms with Crippen molar-refractivity contribution in [2.75, 3.05) is 20.1 Å². The smallest absolute Gasteiger partial charge is 0.329 e. The fourth-order valence-electron chi connectivity index (χ4n) is 3.19. The van der Waals surface area contributed by atoms with Gasteiger partial charge in [0.05, 0.1) is 5.92 Å². The van der Waals surface area contributed by atoms with Crippen LogP contribution in [0.5, 0.6) is 0 Å². The van der Waals surface area contributed by atoms with E-state index in [1.807, 2.05) is 0 Å². The van der Waals surface area contributed by atoms with Crippen molar-refractivity contribution in [1.82, 2.24) is 9.80 Å². The molecule has 2 saturated heterocycles. The quantitative estimate of drug-likeness (QED) is 0.799. The second kappa shape index (κ2) is 4.83. The van der Waals surface area contributed by atoms with Crippen molar-refractivity contribution in [2.45, 2.75) is 38.1 Å². The standard InChI is InChI=1S/C13H20N2O4/c1-3-13(12(18)19)5-4-6-15(13)11(17)9-7-10(16)14(2)8-9/h9H,3-8H2,1-2H3,(H,18,19). The second-order valence-electron chi connectivity index (χ2n) is 5.46. The van der Waals surface area contributed by atoms with Gasteiger partial charge in [0.15, 0.2) is 0 Å². The number of carboxylic acid groups (broad SMARTS) is 1. The third kappa shape index (κ3) is 2.09. The van der Waals surface area contributed by atoms with Crippen LogP contribution in [0.15, 0.2) is 0 Å². The Balaban J connectivity index is 2.19. The van der Waals surface area contributed by atoms with E-state index in [0.29, 0.717) is 32.4 Å². The summed E-state index contributed by atoms with van der Waals surface area (Å²) in [7, 11) is 1.67. The minimum absolute atomic E-state index is 0.0463. The number of aliphatic carboxylic acids is 1. The first-order valence-corrected chi connectivity index (χ1v) is 6.71. The van der Waals surface area contributed by atoms with Gasteiger partial charge in [0.1, 0.15) is 5.54 Å². The molecular weight excluding hydrogens is 248 g/mol. The van der Waals surface area contributed by atoms with Gasteiger partial charge in [-0.15, -0.1) is 0 Å². The zero-order chi connectivity index (χ0) is 14.2. The number of nitrogens with zero attached hydrogens (tertiary/aromatic N) is 2. The highest BCUT2D eigenvalue weighted by Crippen LogP contribution is 2.35. The van der Waals surface area contributed by atoms with Crippen molar-refractivity contribution in [3.8, 4) is 0 Å². The Morgan fingerprint density at radius 2 is 2.16 bits per heavy atom. The van der Waals surface area contributed by atoms with E-state index in [4.69, 9.17) is 0 Å². The number of carbonyl (C=O) groups excluding carboxylic acids is 2. The van der Waals surface area contributed by atoms with Crippen molar-refractivity contribution in [2.24, 2.45) is 5.92 Å². The summed E-state index contributed by atoms with van der Waals surface area (Å²) in [5.41, 5.74) is -1.07. The van der Waals surface area contributed by atoms with Crippen LogP contribution in [0.2, 0.25) is 0 Å². The lowest BCUT2D eigenvalue weighted by atomic mass is 9.91. The maximum atomic E-state index is 12.5. The minimum Gasteiger partial charge on any atom is -0.479 e. The van der Waals surface area contributed by atoms with Gasteiger partial charge in [-0.2, -0.15) is 0 Å². The molecule has 2 heterocycles. The van der Waals surface area contributed by atoms with Crippen molar-refractivity contribution in [3.05, 3.63) is 0 Å². The molecular formula is C13H20N2O4. The Kier molecular flexibility index (Phi) is 3.52. The first kappa shape index (κ1) is 13.8. The van der Waals surface area contributed by atoms with E-state index in [1.54, 1.807) is 14.0 Å². The van der Waals surface area contributed by atoms with Crippen LogP contribution in [0.3, 0.4) is 0 Å². The number of likely N-dealkylation sites (tertiary alicyclic amines) is 2. The lowest BCUT2D eigenvalue weighted by Gasteiger charge is -2.35. The number of hydrogen-bond donors (Lipinski definition) is 1. The number of carbonyl (C=O) groups is 3. The molecule has 2 unspecified atom stereocenters. The van der Waals surface area contributed by atoms with Crippen LogP contribution < -0.4 is 0 Å². The van der Waals surface area contributed by atoms with Crippen molar-refractivity contribution >= 4 is 17.8 Å². The molecule has 6 nitrogen and oxygen atoms in total. The zero-order valence-electron chi connectivity index (χ0n) is 11.4. The lowest BCUT2D eigenvalue weighted by molar-refractivity contribution is -0.158. The van der Waals surface area contributed by atoms with Crippen LogP contribution in [0, 0.1) is 5.92 Å². The molecule has 0 radical (unpaired) electrons. The van der Waals surface area contributed by atoms with Crippen LogP contribution >= 0.6 is 0 Å². The molecule has 2 amide bonds. The summed E-state index contributed by atoms with van der Waals surface area (Å²) in [5, 5.41) is 9.46. The van der Waals surface area contributed by atoms with Gasteiger partial charge in [-0.1, -0.05) is 6.92 Å². The maximum absolute atomic E-state index is 12.5. The summed E-state index contributed by atoms with van der Waals surface area (Å²) in [4.78, 5) is 38.6. The highest BCUT2D eigenvalue weighted by atomic mass is 16.4. The van der Waals surface area contributed by atoms with E-state index in [9.17, 15) is 19.5 Å². The fraction of sp³-hybridized carbons (Fsp3) is 0.769. The van der Waals surface area contributed by atoms with Crippen LogP contribution in [0.4, 0.5) is 0 Å². The van der Waals surface area contributed by atoms with Gasteiger partial charge >= 0.3 is 5.97 Å². The van der Waals surface area contributed by atoms with Crippen molar-refractivity contribution in [3.63, 3.8) is 0 Å². The molecule has 2 fully saturated rings. The van der Waals surface area contributed by atoms with Crippen LogP contribution in [0.25, 0.3) is 0 Å². The fourth-order valence-corrected chi connectivity index (χ4v) is 3.19. The third-order valence-electron chi connectivity index (χ3n) is 4.43. The molecule has 106 valence electrons. The topological polar surface area (TPSA) is 77.9 Å². The summed E-state index contributed by atoms with van der Waals surface area (Å²) in [6.45, 7) is 2.67. The molecule has 2 aliphatic heterocycles. The highest BCUT2D eigenvalue weighted by molar-refractivity contribution is 5.93. The number of rotatable bonds is 3. The van der Waals surface area contributed by atoms with Crippen LogP contribution in [-0.4, -0.2) is 58.4 Å². The van der Waals surface area contributed by atoms with E-state index in [-0.39, 0.29) is 24.2 Å². The Bertz CT molecular complexity index is 423. The molecule has 6 heteroatoms. The Hall–Kier alpha value is -1.59. The molecule has 2 aliphatic rings. The summed E-state index contributed by atoms with van der Waals surface area (Å²) >= 11 is 0. The monoisotopic (exact) mass is 268 g/mol. The largest absolute Gasteiger partial charge is 0.479 e. The third-order valence-corrected chi connectivity index (χ3v) is 4.43. The summed E-state index contributed by atoms with van der Waals surface area (Å²) < 4.78 is 0. The van der Waals surface area contributed by atoms with E-state index >= 15 is 0 Å². The van der Waals surface area contributed by atoms with Crippen LogP contribution in [0.1, 0.15) is 32.6 Å². The molecule has 19 heavy (non-hydrogen) atoms. The molecule has 0 aliphatic carbocycles. The van der Waals surface area contributed by atoms with Gasteiger partial charge in [0.25, 0.3) is 0 Å². The zero-order valence-corrected chi connectivity index (χ0v) is 11.4. The van der Waals surface area contributed by atoms with Crippen molar-refractivity contribution in [1.29, 1.82) is 0 Å². The predicted octanol–water partition coefficient (Wildman–Crippen LogP) is 0.320. The molecule has 1 N–H and O–H groups in total. The molecule has 2 rings (SSSR count). The van der Waals surface area contributed by atoms with E-state index < -0.39 is 11.5 Å². The Morgan fingerprint density at radius 1 is 1.47 bits per heavy atom. The lowest BCUT2D eigenvalue weighted by Crippen LogP contribution is -2.54. The van der Waals surface area contributed by atoms with Crippen LogP contribution in [-0.2, 0) is 14.4 Å². The number of amides is 2. The summed E-state index contributed by atoms with van der Waals surface area (Å²) in [5.74, 6) is -1.55. The Morgan fingerprint density at radius 3 is 2.63 bits per heavy atom. The molecule has 0 saturated carbocycles. The Labute approximate surface area is 112 Å². The van der Waals surface area contributed by atoms with E-state index in [0.717, 1.165) is 0 Å². The van der Waals surface area contributed by atoms with E-state index in [1.165, 1.54) is 9.80 Å². The number of carboxylic acids is 1. The minimum atomic E-state index is -1.07. The molecule has 2 atom stereocenters. The normalized spacial score (nSPS) is 31.1. The first-order valence-electron chi connectivity index (χ1n) is 6.71. The predicted molar refractivity (Wildman–Crippen MR) is 67.3 cm³/mol. The van der Waals surface area contributed by atoms with E-state index in [2.05, 4.69) is 0 Å². The van der Waals surface area contributed by atoms with Gasteiger partial charge in [0.2, 0.25) is 11.8 Å². The van der Waals surface area contributed by atoms with Gasteiger partial charge in [-0.25, -0.2) is 4.79 Å². The van der Waals surface area contributed by atoms with Gasteiger partial charge in [-0.05, 0) is 19.3 Å². The second-order valence-corrected chi connectivity index (χ2v) is 5.46. The molecule has 0 bridgehead atoms. The summed E-state index contributed by atoms with van der Waals surface area (Å²) in [6.07, 6.45) is 1.82.